The molecule has 0 aromatic heterocycles. The summed E-state index contributed by atoms with van der Waals surface area (Å²) in [4.78, 5) is 0. The molecule has 1 atom stereocenters. The Kier molecular flexibility index (Phi) is 4.57. The van der Waals surface area contributed by atoms with Crippen LogP contribution >= 0.6 is 0 Å². The van der Waals surface area contributed by atoms with Gasteiger partial charge in [0.1, 0.15) is 6.04 Å². The molecule has 17 heavy (non-hydrogen) atoms. The van der Waals surface area contributed by atoms with Crippen molar-refractivity contribution in [3.05, 3.63) is 34.9 Å². The van der Waals surface area contributed by atoms with E-state index in [0.717, 1.165) is 0 Å². The minimum Gasteiger partial charge on any atom is -0.302 e. The Balaban J connectivity index is 3.13. The predicted molar refractivity (Wildman–Crippen MR) is 63.0 cm³/mol. The molecule has 0 fully saturated rings. The molecule has 96 valence electrons. The highest BCUT2D eigenvalue weighted by Gasteiger charge is 2.41. The summed E-state index contributed by atoms with van der Waals surface area (Å²) in [6.45, 7) is 5.65. The smallest absolute Gasteiger partial charge is 0.302 e. The third-order valence-corrected chi connectivity index (χ3v) is 2.76. The van der Waals surface area contributed by atoms with E-state index in [1.165, 1.54) is 0 Å². The van der Waals surface area contributed by atoms with E-state index in [9.17, 15) is 13.2 Å². The molecule has 0 spiro atoms. The van der Waals surface area contributed by atoms with Crippen LogP contribution in [-0.4, -0.2) is 12.7 Å². The third kappa shape index (κ3) is 3.46. The highest BCUT2D eigenvalue weighted by molar-refractivity contribution is 5.37. The largest absolute Gasteiger partial charge is 0.407 e. The molecule has 0 aliphatic rings. The standard InChI is InChI=1S/C13H18F3N/c1-4-8-17-12(13(14,15)16)11-9(2)6-5-7-10(11)3/h5-7,12,17H,4,8H2,1-3H3. The Hall–Kier alpha value is -1.03. The van der Waals surface area contributed by atoms with Gasteiger partial charge in [-0.05, 0) is 43.5 Å². The molecule has 0 saturated heterocycles. The summed E-state index contributed by atoms with van der Waals surface area (Å²) < 4.78 is 39.1. The first-order valence-corrected chi connectivity index (χ1v) is 5.74. The van der Waals surface area contributed by atoms with Gasteiger partial charge in [0.25, 0.3) is 0 Å². The van der Waals surface area contributed by atoms with Gasteiger partial charge >= 0.3 is 6.18 Å². The molecule has 0 bridgehead atoms. The number of hydrogen-bond acceptors (Lipinski definition) is 1. The van der Waals surface area contributed by atoms with Crippen molar-refractivity contribution >= 4 is 0 Å². The van der Waals surface area contributed by atoms with Gasteiger partial charge in [0.05, 0.1) is 0 Å². The van der Waals surface area contributed by atoms with Crippen molar-refractivity contribution in [2.45, 2.75) is 39.4 Å². The maximum absolute atomic E-state index is 13.0. The highest BCUT2D eigenvalue weighted by Crippen LogP contribution is 2.35. The van der Waals surface area contributed by atoms with Gasteiger partial charge in [-0.3, -0.25) is 0 Å². The normalized spacial score (nSPS) is 13.8. The lowest BCUT2D eigenvalue weighted by Gasteiger charge is -2.25. The number of alkyl halides is 3. The van der Waals surface area contributed by atoms with E-state index in [1.54, 1.807) is 32.0 Å². The monoisotopic (exact) mass is 245 g/mol. The van der Waals surface area contributed by atoms with E-state index in [0.29, 0.717) is 29.7 Å². The summed E-state index contributed by atoms with van der Waals surface area (Å²) in [5.41, 5.74) is 1.71. The minimum atomic E-state index is -4.26. The molecule has 1 rings (SSSR count). The first-order chi connectivity index (χ1) is 7.88. The van der Waals surface area contributed by atoms with Crippen molar-refractivity contribution in [2.24, 2.45) is 0 Å². The maximum Gasteiger partial charge on any atom is 0.407 e. The van der Waals surface area contributed by atoms with E-state index in [-0.39, 0.29) is 0 Å². The zero-order chi connectivity index (χ0) is 13.1. The Morgan fingerprint density at radius 1 is 1.18 bits per heavy atom. The zero-order valence-corrected chi connectivity index (χ0v) is 10.4. The van der Waals surface area contributed by atoms with E-state index in [2.05, 4.69) is 5.32 Å². The number of rotatable bonds is 4. The second-order valence-electron chi connectivity index (χ2n) is 4.23. The third-order valence-electron chi connectivity index (χ3n) is 2.76. The van der Waals surface area contributed by atoms with E-state index in [4.69, 9.17) is 0 Å². The van der Waals surface area contributed by atoms with Crippen LogP contribution in [0.3, 0.4) is 0 Å². The quantitative estimate of drug-likeness (QED) is 0.848. The van der Waals surface area contributed by atoms with Gasteiger partial charge in [-0.25, -0.2) is 0 Å². The van der Waals surface area contributed by atoms with Gasteiger partial charge in [0.2, 0.25) is 0 Å². The van der Waals surface area contributed by atoms with Crippen molar-refractivity contribution in [1.29, 1.82) is 0 Å². The first kappa shape index (κ1) is 14.0. The van der Waals surface area contributed by atoms with Gasteiger partial charge in [-0.1, -0.05) is 25.1 Å². The highest BCUT2D eigenvalue weighted by atomic mass is 19.4. The van der Waals surface area contributed by atoms with Crippen molar-refractivity contribution in [3.8, 4) is 0 Å². The molecule has 0 aliphatic heterocycles. The fourth-order valence-electron chi connectivity index (χ4n) is 1.95. The number of benzene rings is 1. The maximum atomic E-state index is 13.0. The number of halogens is 3. The second-order valence-corrected chi connectivity index (χ2v) is 4.23. The van der Waals surface area contributed by atoms with Crippen LogP contribution in [0.25, 0.3) is 0 Å². The Morgan fingerprint density at radius 2 is 1.71 bits per heavy atom. The fraction of sp³-hybridized carbons (Fsp3) is 0.538. The average Bonchev–Trinajstić information content (AvgIpc) is 2.20. The van der Waals surface area contributed by atoms with Gasteiger partial charge in [-0.2, -0.15) is 13.2 Å². The van der Waals surface area contributed by atoms with Crippen LogP contribution in [0, 0.1) is 13.8 Å². The second kappa shape index (κ2) is 5.54. The van der Waals surface area contributed by atoms with Crippen molar-refractivity contribution in [1.82, 2.24) is 5.32 Å². The lowest BCUT2D eigenvalue weighted by atomic mass is 9.95. The SMILES string of the molecule is CCCNC(c1c(C)cccc1C)C(F)(F)F. The van der Waals surface area contributed by atoms with Gasteiger partial charge < -0.3 is 5.32 Å². The first-order valence-electron chi connectivity index (χ1n) is 5.74. The van der Waals surface area contributed by atoms with E-state index >= 15 is 0 Å². The van der Waals surface area contributed by atoms with Crippen LogP contribution in [0.2, 0.25) is 0 Å². The molecule has 0 radical (unpaired) electrons. The Bertz CT molecular complexity index is 351. The molecule has 1 N–H and O–H groups in total. The molecule has 1 aromatic carbocycles. The molecule has 1 unspecified atom stereocenters. The van der Waals surface area contributed by atoms with Crippen LogP contribution in [0.5, 0.6) is 0 Å². The summed E-state index contributed by atoms with van der Waals surface area (Å²) in [7, 11) is 0. The van der Waals surface area contributed by atoms with Crippen LogP contribution < -0.4 is 5.32 Å². The Labute approximate surface area is 100 Å². The predicted octanol–water partition coefficient (Wildman–Crippen LogP) is 3.91. The van der Waals surface area contributed by atoms with Gasteiger partial charge in [0, 0.05) is 0 Å². The summed E-state index contributed by atoms with van der Waals surface area (Å²) in [6.07, 6.45) is -3.58. The molecule has 1 aromatic rings. The number of hydrogen-bond donors (Lipinski definition) is 1. The molecule has 1 nitrogen and oxygen atoms in total. The zero-order valence-electron chi connectivity index (χ0n) is 10.4. The molecule has 4 heteroatoms. The lowest BCUT2D eigenvalue weighted by molar-refractivity contribution is -0.157. The average molecular weight is 245 g/mol. The van der Waals surface area contributed by atoms with E-state index in [1.807, 2.05) is 6.92 Å². The molecule has 0 saturated carbocycles. The van der Waals surface area contributed by atoms with Crippen LogP contribution in [-0.2, 0) is 0 Å². The number of nitrogens with one attached hydrogen (secondary N) is 1. The van der Waals surface area contributed by atoms with Crippen LogP contribution in [0.1, 0.15) is 36.1 Å². The lowest BCUT2D eigenvalue weighted by Crippen LogP contribution is -2.35. The fourth-order valence-corrected chi connectivity index (χ4v) is 1.95. The van der Waals surface area contributed by atoms with Crippen molar-refractivity contribution in [3.63, 3.8) is 0 Å². The van der Waals surface area contributed by atoms with Gasteiger partial charge in [0.15, 0.2) is 0 Å². The Morgan fingerprint density at radius 3 is 2.12 bits per heavy atom. The van der Waals surface area contributed by atoms with Crippen molar-refractivity contribution < 1.29 is 13.2 Å². The minimum absolute atomic E-state index is 0.355. The van der Waals surface area contributed by atoms with Crippen LogP contribution in [0.4, 0.5) is 13.2 Å². The number of aryl methyl sites for hydroxylation is 2. The van der Waals surface area contributed by atoms with E-state index < -0.39 is 12.2 Å². The molecule has 0 aliphatic carbocycles. The molecule has 0 heterocycles. The summed E-state index contributed by atoms with van der Waals surface area (Å²) in [5, 5.41) is 2.58. The summed E-state index contributed by atoms with van der Waals surface area (Å²) in [6, 6.07) is 3.65. The molecular formula is C13H18F3N. The molecule has 0 amide bonds. The summed E-state index contributed by atoms with van der Waals surface area (Å²) >= 11 is 0. The van der Waals surface area contributed by atoms with Gasteiger partial charge in [-0.15, -0.1) is 0 Å². The van der Waals surface area contributed by atoms with Crippen molar-refractivity contribution in [2.75, 3.05) is 6.54 Å². The molecular weight excluding hydrogens is 227 g/mol. The topological polar surface area (TPSA) is 12.0 Å². The summed E-state index contributed by atoms with van der Waals surface area (Å²) in [5.74, 6) is 0. The van der Waals surface area contributed by atoms with Crippen LogP contribution in [0.15, 0.2) is 18.2 Å².